The number of rotatable bonds is 7. The molecule has 2 rings (SSSR count). The zero-order chi connectivity index (χ0) is 14.2. The molecule has 0 spiro atoms. The lowest BCUT2D eigenvalue weighted by atomic mass is 10.00. The van der Waals surface area contributed by atoms with Gasteiger partial charge in [-0.15, -0.1) is 0 Å². The maximum Gasteiger partial charge on any atom is 0.119 e. The molecule has 0 unspecified atom stereocenters. The molecule has 0 radical (unpaired) electrons. The van der Waals surface area contributed by atoms with E-state index in [1.165, 1.54) is 11.1 Å². The van der Waals surface area contributed by atoms with Crippen LogP contribution in [0.4, 0.5) is 0 Å². The van der Waals surface area contributed by atoms with Gasteiger partial charge >= 0.3 is 0 Å². The fourth-order valence-electron chi connectivity index (χ4n) is 2.06. The molecule has 106 valence electrons. The molecule has 3 nitrogen and oxygen atoms in total. The van der Waals surface area contributed by atoms with Gasteiger partial charge in [0.1, 0.15) is 12.4 Å². The smallest absolute Gasteiger partial charge is 0.119 e. The van der Waals surface area contributed by atoms with Gasteiger partial charge in [-0.3, -0.25) is 0 Å². The average Bonchev–Trinajstić information content (AvgIpc) is 2.53. The first kappa shape index (κ1) is 14.6. The molecule has 0 atom stereocenters. The van der Waals surface area contributed by atoms with E-state index in [2.05, 4.69) is 24.3 Å². The molecule has 0 aromatic heterocycles. The van der Waals surface area contributed by atoms with Crippen molar-refractivity contribution in [3.63, 3.8) is 0 Å². The van der Waals surface area contributed by atoms with Gasteiger partial charge in [-0.1, -0.05) is 42.5 Å². The highest BCUT2D eigenvalue weighted by Gasteiger charge is 2.05. The summed E-state index contributed by atoms with van der Waals surface area (Å²) < 4.78 is 5.76. The SMILES string of the molecule is NCC(CN)Cc1ccc(OCc2ccccc2)cc1. The molecule has 0 saturated carbocycles. The number of hydrogen-bond donors (Lipinski definition) is 2. The summed E-state index contributed by atoms with van der Waals surface area (Å²) in [6, 6.07) is 18.3. The second kappa shape index (κ2) is 7.68. The van der Waals surface area contributed by atoms with Crippen LogP contribution in [-0.2, 0) is 13.0 Å². The van der Waals surface area contributed by atoms with Gasteiger partial charge in [0.15, 0.2) is 0 Å². The number of benzene rings is 2. The molecule has 3 heteroatoms. The predicted molar refractivity (Wildman–Crippen MR) is 82.5 cm³/mol. The first-order chi connectivity index (χ1) is 9.81. The number of hydrogen-bond acceptors (Lipinski definition) is 3. The van der Waals surface area contributed by atoms with E-state index >= 15 is 0 Å². The first-order valence-corrected chi connectivity index (χ1v) is 6.97. The van der Waals surface area contributed by atoms with E-state index in [9.17, 15) is 0 Å². The summed E-state index contributed by atoms with van der Waals surface area (Å²) in [4.78, 5) is 0. The first-order valence-electron chi connectivity index (χ1n) is 6.97. The fraction of sp³-hybridized carbons (Fsp3) is 0.294. The van der Waals surface area contributed by atoms with Crippen molar-refractivity contribution in [2.24, 2.45) is 17.4 Å². The lowest BCUT2D eigenvalue weighted by molar-refractivity contribution is 0.306. The molecule has 2 aromatic carbocycles. The Balaban J connectivity index is 1.88. The average molecular weight is 270 g/mol. The zero-order valence-electron chi connectivity index (χ0n) is 11.7. The van der Waals surface area contributed by atoms with Crippen LogP contribution in [0.1, 0.15) is 11.1 Å². The van der Waals surface area contributed by atoms with Crippen LogP contribution in [0.3, 0.4) is 0 Å². The highest BCUT2D eigenvalue weighted by Crippen LogP contribution is 2.16. The van der Waals surface area contributed by atoms with Crippen molar-refractivity contribution >= 4 is 0 Å². The van der Waals surface area contributed by atoms with Crippen molar-refractivity contribution in [3.8, 4) is 5.75 Å². The third-order valence-corrected chi connectivity index (χ3v) is 3.36. The molecule has 0 amide bonds. The van der Waals surface area contributed by atoms with Crippen LogP contribution >= 0.6 is 0 Å². The van der Waals surface area contributed by atoms with Gasteiger partial charge in [0.05, 0.1) is 0 Å². The van der Waals surface area contributed by atoms with Gasteiger partial charge in [-0.25, -0.2) is 0 Å². The lowest BCUT2D eigenvalue weighted by Crippen LogP contribution is -2.25. The Hall–Kier alpha value is -1.84. The van der Waals surface area contributed by atoms with Crippen molar-refractivity contribution < 1.29 is 4.74 Å². The molecule has 0 bridgehead atoms. The molecule has 2 aromatic rings. The van der Waals surface area contributed by atoms with E-state index in [0.717, 1.165) is 12.2 Å². The molecular formula is C17H22N2O. The Kier molecular flexibility index (Phi) is 5.59. The highest BCUT2D eigenvalue weighted by atomic mass is 16.5. The van der Waals surface area contributed by atoms with Gasteiger partial charge in [0, 0.05) is 0 Å². The molecule has 4 N–H and O–H groups in total. The second-order valence-corrected chi connectivity index (χ2v) is 4.96. The van der Waals surface area contributed by atoms with E-state index in [1.54, 1.807) is 0 Å². The predicted octanol–water partition coefficient (Wildman–Crippen LogP) is 2.34. The Morgan fingerprint density at radius 1 is 0.800 bits per heavy atom. The monoisotopic (exact) mass is 270 g/mol. The van der Waals surface area contributed by atoms with E-state index in [4.69, 9.17) is 16.2 Å². The summed E-state index contributed by atoms with van der Waals surface area (Å²) in [5.74, 6) is 1.24. The zero-order valence-corrected chi connectivity index (χ0v) is 11.7. The van der Waals surface area contributed by atoms with Crippen LogP contribution in [0.15, 0.2) is 54.6 Å². The topological polar surface area (TPSA) is 61.3 Å². The van der Waals surface area contributed by atoms with E-state index in [1.807, 2.05) is 30.3 Å². The van der Waals surface area contributed by atoms with Gasteiger partial charge in [-0.2, -0.15) is 0 Å². The Labute approximate surface area is 120 Å². The minimum atomic E-state index is 0.353. The van der Waals surface area contributed by atoms with Crippen LogP contribution in [0.2, 0.25) is 0 Å². The summed E-state index contributed by atoms with van der Waals surface area (Å²) in [6.45, 7) is 1.85. The summed E-state index contributed by atoms with van der Waals surface area (Å²) in [5, 5.41) is 0. The molecule has 0 heterocycles. The van der Waals surface area contributed by atoms with Crippen molar-refractivity contribution in [2.75, 3.05) is 13.1 Å². The van der Waals surface area contributed by atoms with Gasteiger partial charge in [0.2, 0.25) is 0 Å². The third-order valence-electron chi connectivity index (χ3n) is 3.36. The summed E-state index contributed by atoms with van der Waals surface area (Å²) in [5.41, 5.74) is 13.8. The van der Waals surface area contributed by atoms with Crippen molar-refractivity contribution in [2.45, 2.75) is 13.0 Å². The number of ether oxygens (including phenoxy) is 1. The quantitative estimate of drug-likeness (QED) is 0.812. The van der Waals surface area contributed by atoms with E-state index in [0.29, 0.717) is 25.6 Å². The van der Waals surface area contributed by atoms with Crippen molar-refractivity contribution in [1.82, 2.24) is 0 Å². The summed E-state index contributed by atoms with van der Waals surface area (Å²) >= 11 is 0. The third kappa shape index (κ3) is 4.37. The van der Waals surface area contributed by atoms with Gasteiger partial charge in [0.25, 0.3) is 0 Å². The van der Waals surface area contributed by atoms with Gasteiger partial charge < -0.3 is 16.2 Å². The molecule has 0 aliphatic rings. The molecule has 0 saturated heterocycles. The number of nitrogens with two attached hydrogens (primary N) is 2. The van der Waals surface area contributed by atoms with E-state index < -0.39 is 0 Å². The largest absolute Gasteiger partial charge is 0.489 e. The van der Waals surface area contributed by atoms with Crippen molar-refractivity contribution in [3.05, 3.63) is 65.7 Å². The normalized spacial score (nSPS) is 10.8. The van der Waals surface area contributed by atoms with Crippen LogP contribution in [-0.4, -0.2) is 13.1 Å². The molecular weight excluding hydrogens is 248 g/mol. The lowest BCUT2D eigenvalue weighted by Gasteiger charge is -2.12. The van der Waals surface area contributed by atoms with Crippen LogP contribution < -0.4 is 16.2 Å². The van der Waals surface area contributed by atoms with Crippen LogP contribution in [0.25, 0.3) is 0 Å². The van der Waals surface area contributed by atoms with Crippen LogP contribution in [0, 0.1) is 5.92 Å². The Bertz CT molecular complexity index is 492. The minimum absolute atomic E-state index is 0.353. The fourth-order valence-corrected chi connectivity index (χ4v) is 2.06. The standard InChI is InChI=1S/C17H22N2O/c18-11-16(12-19)10-14-6-8-17(9-7-14)20-13-15-4-2-1-3-5-15/h1-9,16H,10-13,18-19H2. The van der Waals surface area contributed by atoms with Crippen molar-refractivity contribution in [1.29, 1.82) is 0 Å². The second-order valence-electron chi connectivity index (χ2n) is 4.96. The van der Waals surface area contributed by atoms with Gasteiger partial charge in [-0.05, 0) is 48.7 Å². The molecule has 0 aliphatic heterocycles. The summed E-state index contributed by atoms with van der Waals surface area (Å²) in [6.07, 6.45) is 0.923. The Morgan fingerprint density at radius 3 is 2.05 bits per heavy atom. The highest BCUT2D eigenvalue weighted by molar-refractivity contribution is 5.28. The Morgan fingerprint density at radius 2 is 1.45 bits per heavy atom. The molecule has 0 fully saturated rings. The molecule has 0 aliphatic carbocycles. The maximum absolute atomic E-state index is 5.76. The van der Waals surface area contributed by atoms with E-state index in [-0.39, 0.29) is 0 Å². The van der Waals surface area contributed by atoms with Crippen LogP contribution in [0.5, 0.6) is 5.75 Å². The maximum atomic E-state index is 5.76. The molecule has 20 heavy (non-hydrogen) atoms. The minimum Gasteiger partial charge on any atom is -0.489 e. The summed E-state index contributed by atoms with van der Waals surface area (Å²) in [7, 11) is 0.